The van der Waals surface area contributed by atoms with Gasteiger partial charge in [-0.1, -0.05) is 211 Å². The van der Waals surface area contributed by atoms with E-state index in [1.54, 1.807) is 0 Å². The number of rotatable bonds is 49. The van der Waals surface area contributed by atoms with Crippen molar-refractivity contribution in [3.63, 3.8) is 0 Å². The number of unbranched alkanes of at least 4 members (excludes halogenated alkanes) is 24. The molecule has 0 aromatic heterocycles. The van der Waals surface area contributed by atoms with Crippen LogP contribution >= 0.6 is 7.82 Å². The average Bonchev–Trinajstić information content (AvgIpc) is 3.30. The summed E-state index contributed by atoms with van der Waals surface area (Å²) in [5, 5.41) is 9.77. The fourth-order valence-electron chi connectivity index (χ4n) is 7.23. The van der Waals surface area contributed by atoms with Crippen molar-refractivity contribution < 1.29 is 52.2 Å². The molecule has 0 aliphatic heterocycles. The Hall–Kier alpha value is -2.56. The Balaban J connectivity index is 4.71. The lowest BCUT2D eigenvalue weighted by molar-refractivity contribution is -0.161. The molecule has 2 N–H and O–H groups in total. The number of carbonyl (C=O) groups excluding carboxylic acids is 3. The minimum Gasteiger partial charge on any atom is -0.462 e. The highest BCUT2D eigenvalue weighted by molar-refractivity contribution is 7.47. The maximum Gasteiger partial charge on any atom is 0.472 e. The monoisotopic (exact) mass is 953 g/mol. The summed E-state index contributed by atoms with van der Waals surface area (Å²) in [5.41, 5.74) is 0. The van der Waals surface area contributed by atoms with Crippen molar-refractivity contribution in [1.29, 1.82) is 0 Å². The molecule has 0 heterocycles. The Morgan fingerprint density at radius 3 is 1.21 bits per heavy atom. The molecule has 0 radical (unpaired) electrons. The van der Waals surface area contributed by atoms with Gasteiger partial charge in [-0.05, 0) is 57.8 Å². The van der Waals surface area contributed by atoms with Crippen molar-refractivity contribution in [2.45, 2.75) is 251 Å². The number of esters is 3. The number of hydrogen-bond acceptors (Lipinski definition) is 10. The molecule has 3 unspecified atom stereocenters. The smallest absolute Gasteiger partial charge is 0.462 e. The molecule has 0 aliphatic rings. The van der Waals surface area contributed by atoms with Gasteiger partial charge >= 0.3 is 25.7 Å². The van der Waals surface area contributed by atoms with E-state index in [-0.39, 0.29) is 25.9 Å². The van der Waals surface area contributed by atoms with Gasteiger partial charge in [0.1, 0.15) is 12.7 Å². The van der Waals surface area contributed by atoms with E-state index >= 15 is 0 Å². The third-order valence-electron chi connectivity index (χ3n) is 11.3. The van der Waals surface area contributed by atoms with Crippen LogP contribution in [0.25, 0.3) is 0 Å². The standard InChI is InChI=1S/C54H97O11P/c1-4-7-10-13-16-19-21-23-24-25-26-28-30-33-36-39-42-45-54(58)65-51(47-61-52(56)43-40-37-34-31-18-15-12-9-6-3)49-63-66(59,60)62-48-50(46-55)64-53(57)44-41-38-35-32-29-27-22-20-17-14-11-8-5-2/h7,10,16,19,23-24,26,28,50-51,55H,4-6,8-9,11-15,17-18,20-22,25,27,29-49H2,1-3H3,(H,59,60)/b10-7-,19-16-,24-23-,28-26-. The first-order valence-corrected chi connectivity index (χ1v) is 28.0. The van der Waals surface area contributed by atoms with Crippen LogP contribution in [-0.4, -0.2) is 66.5 Å². The predicted molar refractivity (Wildman–Crippen MR) is 270 cm³/mol. The van der Waals surface area contributed by atoms with Crippen LogP contribution < -0.4 is 0 Å². The molecule has 0 fully saturated rings. The van der Waals surface area contributed by atoms with Crippen LogP contribution in [0.5, 0.6) is 0 Å². The molecule has 0 amide bonds. The predicted octanol–water partition coefficient (Wildman–Crippen LogP) is 15.0. The first-order chi connectivity index (χ1) is 32.2. The van der Waals surface area contributed by atoms with E-state index in [0.29, 0.717) is 19.3 Å². The molecular formula is C54H97O11P. The molecule has 3 atom stereocenters. The van der Waals surface area contributed by atoms with Gasteiger partial charge in [0.05, 0.1) is 19.8 Å². The summed E-state index contributed by atoms with van der Waals surface area (Å²) < 4.78 is 39.3. The molecule has 11 nitrogen and oxygen atoms in total. The Morgan fingerprint density at radius 2 is 0.788 bits per heavy atom. The lowest BCUT2D eigenvalue weighted by Crippen LogP contribution is -2.30. The Labute approximate surface area is 403 Å². The summed E-state index contributed by atoms with van der Waals surface area (Å²) in [6.45, 7) is 4.48. The fourth-order valence-corrected chi connectivity index (χ4v) is 8.01. The van der Waals surface area contributed by atoms with Gasteiger partial charge in [0.2, 0.25) is 0 Å². The largest absolute Gasteiger partial charge is 0.472 e. The molecule has 384 valence electrons. The average molecular weight is 953 g/mol. The molecule has 0 spiro atoms. The first-order valence-electron chi connectivity index (χ1n) is 26.5. The van der Waals surface area contributed by atoms with Gasteiger partial charge in [0, 0.05) is 19.3 Å². The molecule has 0 saturated heterocycles. The highest BCUT2D eigenvalue weighted by Crippen LogP contribution is 2.43. The van der Waals surface area contributed by atoms with E-state index in [2.05, 4.69) is 69.4 Å². The molecule has 0 aromatic rings. The van der Waals surface area contributed by atoms with Crippen molar-refractivity contribution in [2.75, 3.05) is 26.4 Å². The van der Waals surface area contributed by atoms with Gasteiger partial charge < -0.3 is 24.2 Å². The van der Waals surface area contributed by atoms with Crippen molar-refractivity contribution >= 4 is 25.7 Å². The van der Waals surface area contributed by atoms with Crippen molar-refractivity contribution in [1.82, 2.24) is 0 Å². The summed E-state index contributed by atoms with van der Waals surface area (Å²) in [6, 6.07) is 0. The number of carbonyl (C=O) groups is 3. The van der Waals surface area contributed by atoms with Crippen molar-refractivity contribution in [2.24, 2.45) is 0 Å². The van der Waals surface area contributed by atoms with E-state index in [1.165, 1.54) is 89.9 Å². The third kappa shape index (κ3) is 46.5. The zero-order valence-corrected chi connectivity index (χ0v) is 43.1. The summed E-state index contributed by atoms with van der Waals surface area (Å²) in [4.78, 5) is 48.2. The molecule has 66 heavy (non-hydrogen) atoms. The van der Waals surface area contributed by atoms with Crippen LogP contribution in [0.1, 0.15) is 239 Å². The van der Waals surface area contributed by atoms with Crippen LogP contribution in [0, 0.1) is 0 Å². The lowest BCUT2D eigenvalue weighted by atomic mass is 10.0. The molecular weight excluding hydrogens is 856 g/mol. The van der Waals surface area contributed by atoms with Crippen molar-refractivity contribution in [3.05, 3.63) is 48.6 Å². The summed E-state index contributed by atoms with van der Waals surface area (Å²) in [5.74, 6) is -1.49. The number of phosphoric ester groups is 1. The normalized spacial score (nSPS) is 13.8. The highest BCUT2D eigenvalue weighted by Gasteiger charge is 2.28. The Morgan fingerprint density at radius 1 is 0.439 bits per heavy atom. The number of phosphoric acid groups is 1. The second-order valence-corrected chi connectivity index (χ2v) is 19.1. The molecule has 0 bridgehead atoms. The third-order valence-corrected chi connectivity index (χ3v) is 12.2. The zero-order chi connectivity index (χ0) is 48.4. The van der Waals surface area contributed by atoms with E-state index in [1.807, 2.05) is 0 Å². The summed E-state index contributed by atoms with van der Waals surface area (Å²) in [6.07, 6.45) is 49.4. The van der Waals surface area contributed by atoms with E-state index in [0.717, 1.165) is 89.9 Å². The van der Waals surface area contributed by atoms with E-state index in [9.17, 15) is 28.9 Å². The zero-order valence-electron chi connectivity index (χ0n) is 42.2. The van der Waals surface area contributed by atoms with Crippen LogP contribution in [0.4, 0.5) is 0 Å². The topological polar surface area (TPSA) is 155 Å². The van der Waals surface area contributed by atoms with E-state index in [4.69, 9.17) is 23.3 Å². The first kappa shape index (κ1) is 63.4. The van der Waals surface area contributed by atoms with E-state index < -0.39 is 57.8 Å². The van der Waals surface area contributed by atoms with Crippen LogP contribution in [0.3, 0.4) is 0 Å². The van der Waals surface area contributed by atoms with Crippen LogP contribution in [0.2, 0.25) is 0 Å². The van der Waals surface area contributed by atoms with Gasteiger partial charge in [-0.3, -0.25) is 23.4 Å². The number of hydrogen-bond donors (Lipinski definition) is 2. The van der Waals surface area contributed by atoms with Gasteiger partial charge in [-0.2, -0.15) is 0 Å². The molecule has 12 heteroatoms. The van der Waals surface area contributed by atoms with Gasteiger partial charge in [0.25, 0.3) is 0 Å². The number of ether oxygens (including phenoxy) is 3. The van der Waals surface area contributed by atoms with Gasteiger partial charge in [0.15, 0.2) is 6.10 Å². The maximum absolute atomic E-state index is 12.8. The quantitative estimate of drug-likeness (QED) is 0.0197. The van der Waals surface area contributed by atoms with Crippen LogP contribution in [-0.2, 0) is 42.2 Å². The highest BCUT2D eigenvalue weighted by atomic mass is 31.2. The minimum atomic E-state index is -4.74. The fraction of sp³-hybridized carbons (Fsp3) is 0.796. The number of aliphatic hydroxyl groups is 1. The minimum absolute atomic E-state index is 0.142. The number of allylic oxidation sites excluding steroid dienone is 8. The van der Waals surface area contributed by atoms with Gasteiger partial charge in [-0.15, -0.1) is 0 Å². The summed E-state index contributed by atoms with van der Waals surface area (Å²) >= 11 is 0. The lowest BCUT2D eigenvalue weighted by Gasteiger charge is -2.21. The maximum atomic E-state index is 12.8. The molecule has 0 rings (SSSR count). The second kappa shape index (κ2) is 48.9. The SMILES string of the molecule is CC/C=C\C/C=C\C/C=C\C/C=C\CCCCCCC(=O)OC(COC(=O)CCCCCCCCCCC)COP(=O)(O)OCC(CO)OC(=O)CCCCCCCCCCCCCCC. The molecule has 0 aromatic carbocycles. The second-order valence-electron chi connectivity index (χ2n) is 17.7. The Bertz CT molecular complexity index is 1300. The van der Waals surface area contributed by atoms with Gasteiger partial charge in [-0.25, -0.2) is 4.57 Å². The summed E-state index contributed by atoms with van der Waals surface area (Å²) in [7, 11) is -4.74. The number of aliphatic hydroxyl groups excluding tert-OH is 1. The molecule has 0 saturated carbocycles. The Kier molecular flexibility index (Phi) is 47.0. The van der Waals surface area contributed by atoms with Crippen molar-refractivity contribution in [3.8, 4) is 0 Å². The van der Waals surface area contributed by atoms with Crippen LogP contribution in [0.15, 0.2) is 48.6 Å². The molecule has 0 aliphatic carbocycles.